The predicted octanol–water partition coefficient (Wildman–Crippen LogP) is 2.91. The molecule has 0 saturated carbocycles. The molecule has 2 aromatic rings. The van der Waals surface area contributed by atoms with Crippen molar-refractivity contribution < 1.29 is 8.42 Å². The van der Waals surface area contributed by atoms with E-state index >= 15 is 0 Å². The number of hydrogen-bond donors (Lipinski definition) is 2. The van der Waals surface area contributed by atoms with Crippen LogP contribution in [0.4, 0.5) is 5.69 Å². The van der Waals surface area contributed by atoms with E-state index in [1.807, 2.05) is 12.1 Å². The summed E-state index contributed by atoms with van der Waals surface area (Å²) in [4.78, 5) is 0.283. The zero-order valence-electron chi connectivity index (χ0n) is 12.3. The normalized spacial score (nSPS) is 11.3. The second kappa shape index (κ2) is 6.74. The largest absolute Gasteiger partial charge is 0.381 e. The van der Waals surface area contributed by atoms with Crippen molar-refractivity contribution in [3.8, 4) is 0 Å². The summed E-state index contributed by atoms with van der Waals surface area (Å²) in [5, 5.41) is 3.30. The van der Waals surface area contributed by atoms with Crippen LogP contribution in [0.3, 0.4) is 0 Å². The van der Waals surface area contributed by atoms with Crippen LogP contribution in [-0.4, -0.2) is 15.0 Å². The van der Waals surface area contributed by atoms with E-state index in [9.17, 15) is 8.42 Å². The predicted molar refractivity (Wildman–Crippen MR) is 85.8 cm³/mol. The minimum Gasteiger partial charge on any atom is -0.381 e. The fraction of sp³-hybridized carbons (Fsp3) is 0.250. The second-order valence-electron chi connectivity index (χ2n) is 4.81. The Labute approximate surface area is 126 Å². The van der Waals surface area contributed by atoms with Crippen molar-refractivity contribution in [1.29, 1.82) is 0 Å². The first-order chi connectivity index (χ1) is 10.0. The summed E-state index contributed by atoms with van der Waals surface area (Å²) in [5.41, 5.74) is 3.35. The van der Waals surface area contributed by atoms with Gasteiger partial charge in [-0.2, -0.15) is 0 Å². The Morgan fingerprint density at radius 3 is 2.29 bits per heavy atom. The molecule has 0 bridgehead atoms. The molecule has 0 spiro atoms. The molecule has 0 fully saturated rings. The Hall–Kier alpha value is -1.85. The average Bonchev–Trinajstić information content (AvgIpc) is 2.47. The molecule has 0 saturated heterocycles. The monoisotopic (exact) mass is 304 g/mol. The molecular formula is C16H20N2O2S. The van der Waals surface area contributed by atoms with Gasteiger partial charge in [0, 0.05) is 18.8 Å². The van der Waals surface area contributed by atoms with Gasteiger partial charge in [-0.3, -0.25) is 0 Å². The zero-order valence-corrected chi connectivity index (χ0v) is 13.1. The zero-order chi connectivity index (χ0) is 15.3. The van der Waals surface area contributed by atoms with E-state index in [4.69, 9.17) is 0 Å². The van der Waals surface area contributed by atoms with E-state index in [1.165, 1.54) is 11.1 Å². The standard InChI is InChI=1S/C16H20N2O2S/c1-3-18-21(19,20)16-10-8-15(9-11-16)17-12-14-7-5-4-6-13(14)2/h4-11,17-18H,3,12H2,1-2H3. The van der Waals surface area contributed by atoms with Gasteiger partial charge in [-0.1, -0.05) is 31.2 Å². The molecule has 0 heterocycles. The van der Waals surface area contributed by atoms with Crippen molar-refractivity contribution in [3.05, 3.63) is 59.7 Å². The number of sulfonamides is 1. The van der Waals surface area contributed by atoms with Crippen LogP contribution in [0.2, 0.25) is 0 Å². The van der Waals surface area contributed by atoms with Crippen molar-refractivity contribution >= 4 is 15.7 Å². The molecule has 0 aliphatic carbocycles. The van der Waals surface area contributed by atoms with Gasteiger partial charge in [0.1, 0.15) is 0 Å². The Balaban J connectivity index is 2.05. The van der Waals surface area contributed by atoms with Gasteiger partial charge in [0.05, 0.1) is 4.90 Å². The first-order valence-corrected chi connectivity index (χ1v) is 8.39. The van der Waals surface area contributed by atoms with Crippen molar-refractivity contribution in [2.45, 2.75) is 25.3 Å². The van der Waals surface area contributed by atoms with Gasteiger partial charge in [-0.25, -0.2) is 13.1 Å². The summed E-state index contributed by atoms with van der Waals surface area (Å²) in [5.74, 6) is 0. The number of hydrogen-bond acceptors (Lipinski definition) is 3. The molecule has 0 amide bonds. The third-order valence-corrected chi connectivity index (χ3v) is 4.80. The molecule has 112 valence electrons. The fourth-order valence-electron chi connectivity index (χ4n) is 2.03. The number of anilines is 1. The quantitative estimate of drug-likeness (QED) is 0.862. The van der Waals surface area contributed by atoms with E-state index in [2.05, 4.69) is 29.1 Å². The lowest BCUT2D eigenvalue weighted by molar-refractivity contribution is 0.584. The van der Waals surface area contributed by atoms with Crippen molar-refractivity contribution in [3.63, 3.8) is 0 Å². The molecule has 2 N–H and O–H groups in total. The van der Waals surface area contributed by atoms with Gasteiger partial charge in [0.25, 0.3) is 0 Å². The highest BCUT2D eigenvalue weighted by atomic mass is 32.2. The fourth-order valence-corrected chi connectivity index (χ4v) is 3.07. The SMILES string of the molecule is CCNS(=O)(=O)c1ccc(NCc2ccccc2C)cc1. The lowest BCUT2D eigenvalue weighted by Gasteiger charge is -2.10. The summed E-state index contributed by atoms with van der Waals surface area (Å²) in [6.07, 6.45) is 0. The number of rotatable bonds is 6. The van der Waals surface area contributed by atoms with Crippen LogP contribution in [0.15, 0.2) is 53.4 Å². The van der Waals surface area contributed by atoms with Gasteiger partial charge in [-0.05, 0) is 42.3 Å². The summed E-state index contributed by atoms with van der Waals surface area (Å²) < 4.78 is 26.1. The van der Waals surface area contributed by atoms with E-state index in [-0.39, 0.29) is 4.90 Å². The maximum absolute atomic E-state index is 11.8. The highest BCUT2D eigenvalue weighted by molar-refractivity contribution is 7.89. The highest BCUT2D eigenvalue weighted by Gasteiger charge is 2.11. The van der Waals surface area contributed by atoms with Crippen molar-refractivity contribution in [2.75, 3.05) is 11.9 Å². The summed E-state index contributed by atoms with van der Waals surface area (Å²) in [6.45, 7) is 4.93. The van der Waals surface area contributed by atoms with Crippen LogP contribution < -0.4 is 10.0 Å². The van der Waals surface area contributed by atoms with Gasteiger partial charge in [-0.15, -0.1) is 0 Å². The van der Waals surface area contributed by atoms with Crippen LogP contribution in [0.1, 0.15) is 18.1 Å². The van der Waals surface area contributed by atoms with E-state index in [0.717, 1.165) is 5.69 Å². The summed E-state index contributed by atoms with van der Waals surface area (Å²) >= 11 is 0. The average molecular weight is 304 g/mol. The second-order valence-corrected chi connectivity index (χ2v) is 6.57. The highest BCUT2D eigenvalue weighted by Crippen LogP contribution is 2.15. The first kappa shape index (κ1) is 15.5. The summed E-state index contributed by atoms with van der Waals surface area (Å²) in [7, 11) is -3.38. The van der Waals surface area contributed by atoms with Crippen LogP contribution in [0.25, 0.3) is 0 Å². The third kappa shape index (κ3) is 4.06. The lowest BCUT2D eigenvalue weighted by atomic mass is 10.1. The molecule has 0 radical (unpaired) electrons. The molecule has 5 heteroatoms. The Morgan fingerprint density at radius 2 is 1.67 bits per heavy atom. The Bertz CT molecular complexity index is 694. The molecule has 2 rings (SSSR count). The third-order valence-electron chi connectivity index (χ3n) is 3.24. The molecule has 0 atom stereocenters. The smallest absolute Gasteiger partial charge is 0.240 e. The maximum Gasteiger partial charge on any atom is 0.240 e. The number of benzene rings is 2. The molecule has 0 aromatic heterocycles. The molecule has 21 heavy (non-hydrogen) atoms. The minimum atomic E-state index is -3.38. The van der Waals surface area contributed by atoms with Gasteiger partial charge in [0.2, 0.25) is 10.0 Å². The van der Waals surface area contributed by atoms with E-state index < -0.39 is 10.0 Å². The van der Waals surface area contributed by atoms with Crippen molar-refractivity contribution in [1.82, 2.24) is 4.72 Å². The maximum atomic E-state index is 11.8. The first-order valence-electron chi connectivity index (χ1n) is 6.91. The van der Waals surface area contributed by atoms with E-state index in [1.54, 1.807) is 31.2 Å². The van der Waals surface area contributed by atoms with Crippen LogP contribution in [0, 0.1) is 6.92 Å². The Kier molecular flexibility index (Phi) is 4.98. The van der Waals surface area contributed by atoms with Gasteiger partial charge < -0.3 is 5.32 Å². The van der Waals surface area contributed by atoms with Crippen LogP contribution >= 0.6 is 0 Å². The number of nitrogens with one attached hydrogen (secondary N) is 2. The molecule has 4 nitrogen and oxygen atoms in total. The molecular weight excluding hydrogens is 284 g/mol. The van der Waals surface area contributed by atoms with Gasteiger partial charge in [0.15, 0.2) is 0 Å². The molecule has 2 aromatic carbocycles. The van der Waals surface area contributed by atoms with Crippen LogP contribution in [0.5, 0.6) is 0 Å². The van der Waals surface area contributed by atoms with E-state index in [0.29, 0.717) is 13.1 Å². The molecule has 0 aliphatic rings. The minimum absolute atomic E-state index is 0.283. The summed E-state index contributed by atoms with van der Waals surface area (Å²) in [6, 6.07) is 15.0. The topological polar surface area (TPSA) is 58.2 Å². The molecule has 0 aliphatic heterocycles. The van der Waals surface area contributed by atoms with Gasteiger partial charge >= 0.3 is 0 Å². The molecule has 0 unspecified atom stereocenters. The van der Waals surface area contributed by atoms with Crippen molar-refractivity contribution in [2.24, 2.45) is 0 Å². The lowest BCUT2D eigenvalue weighted by Crippen LogP contribution is -2.23. The number of aryl methyl sites for hydroxylation is 1. The van der Waals surface area contributed by atoms with Crippen LogP contribution in [-0.2, 0) is 16.6 Å². The Morgan fingerprint density at radius 1 is 1.00 bits per heavy atom.